The lowest BCUT2D eigenvalue weighted by Crippen LogP contribution is -2.40. The van der Waals surface area contributed by atoms with Crippen LogP contribution in [0.15, 0.2) is 18.2 Å². The normalized spacial score (nSPS) is 15.6. The highest BCUT2D eigenvalue weighted by Gasteiger charge is 2.28. The molecule has 0 atom stereocenters. The minimum atomic E-state index is -0.218. The third-order valence-electron chi connectivity index (χ3n) is 3.56. The highest BCUT2D eigenvalue weighted by molar-refractivity contribution is 6.18. The minimum Gasteiger partial charge on any atom is -0.508 e. The lowest BCUT2D eigenvalue weighted by molar-refractivity contribution is 0.0692. The average molecular weight is 284 g/mol. The van der Waals surface area contributed by atoms with Gasteiger partial charge in [-0.2, -0.15) is 0 Å². The predicted octanol–water partition coefficient (Wildman–Crippen LogP) is 2.72. The molecule has 1 aromatic carbocycles. The Morgan fingerprint density at radius 2 is 2.00 bits per heavy atom. The number of rotatable bonds is 4. The van der Waals surface area contributed by atoms with Gasteiger partial charge in [-0.3, -0.25) is 4.79 Å². The summed E-state index contributed by atoms with van der Waals surface area (Å²) in [5.41, 5.74) is 0.217. The van der Waals surface area contributed by atoms with Crippen molar-refractivity contribution >= 4 is 17.5 Å². The highest BCUT2D eigenvalue weighted by Crippen LogP contribution is 2.28. The fraction of sp³-hybridized carbons (Fsp3) is 0.500. The van der Waals surface area contributed by atoms with Crippen molar-refractivity contribution in [2.24, 2.45) is 0 Å². The van der Waals surface area contributed by atoms with Crippen molar-refractivity contribution in [3.63, 3.8) is 0 Å². The number of benzene rings is 1. The van der Waals surface area contributed by atoms with Crippen LogP contribution in [0.1, 0.15) is 36.0 Å². The van der Waals surface area contributed by atoms with Crippen LogP contribution in [0.4, 0.5) is 0 Å². The monoisotopic (exact) mass is 283 g/mol. The molecule has 0 aliphatic heterocycles. The molecule has 19 heavy (non-hydrogen) atoms. The van der Waals surface area contributed by atoms with Crippen LogP contribution in [0.2, 0.25) is 0 Å². The number of carbonyl (C=O) groups excluding carboxylic acids is 1. The maximum absolute atomic E-state index is 12.5. The van der Waals surface area contributed by atoms with E-state index in [1.165, 1.54) is 18.2 Å². The van der Waals surface area contributed by atoms with Crippen molar-refractivity contribution < 1.29 is 15.0 Å². The van der Waals surface area contributed by atoms with Crippen LogP contribution in [0, 0.1) is 0 Å². The molecule has 0 saturated heterocycles. The summed E-state index contributed by atoms with van der Waals surface area (Å²) in [4.78, 5) is 14.2. The molecule has 0 radical (unpaired) electrons. The first-order valence-corrected chi connectivity index (χ1v) is 7.06. The first-order chi connectivity index (χ1) is 9.13. The van der Waals surface area contributed by atoms with Crippen molar-refractivity contribution in [1.82, 2.24) is 4.90 Å². The van der Waals surface area contributed by atoms with Gasteiger partial charge in [0.05, 0.1) is 5.56 Å². The van der Waals surface area contributed by atoms with E-state index in [-0.39, 0.29) is 29.0 Å². The van der Waals surface area contributed by atoms with Crippen molar-refractivity contribution in [2.75, 3.05) is 12.4 Å². The molecule has 1 aliphatic rings. The molecule has 1 aliphatic carbocycles. The summed E-state index contributed by atoms with van der Waals surface area (Å²) < 4.78 is 0. The van der Waals surface area contributed by atoms with Crippen molar-refractivity contribution in [3.05, 3.63) is 23.8 Å². The Morgan fingerprint density at radius 1 is 1.32 bits per heavy atom. The Labute approximate surface area is 117 Å². The zero-order valence-electron chi connectivity index (χ0n) is 10.7. The average Bonchev–Trinajstić information content (AvgIpc) is 2.89. The standard InChI is InChI=1S/C14H18ClNO3/c15-7-8-16(10-3-1-2-4-10)14(19)12-6-5-11(17)9-13(12)18/h5-6,9-10,17-18H,1-4,7-8H2. The zero-order chi connectivity index (χ0) is 13.8. The number of nitrogens with zero attached hydrogens (tertiary/aromatic N) is 1. The van der Waals surface area contributed by atoms with Gasteiger partial charge in [-0.25, -0.2) is 0 Å². The van der Waals surface area contributed by atoms with Gasteiger partial charge in [0.2, 0.25) is 0 Å². The van der Waals surface area contributed by atoms with Crippen molar-refractivity contribution in [1.29, 1.82) is 0 Å². The van der Waals surface area contributed by atoms with E-state index in [1.807, 2.05) is 0 Å². The summed E-state index contributed by atoms with van der Waals surface area (Å²) >= 11 is 5.77. The van der Waals surface area contributed by atoms with Crippen molar-refractivity contribution in [3.8, 4) is 11.5 Å². The largest absolute Gasteiger partial charge is 0.508 e. The van der Waals surface area contributed by atoms with E-state index < -0.39 is 0 Å². The number of halogens is 1. The topological polar surface area (TPSA) is 60.8 Å². The highest BCUT2D eigenvalue weighted by atomic mass is 35.5. The predicted molar refractivity (Wildman–Crippen MR) is 73.8 cm³/mol. The van der Waals surface area contributed by atoms with E-state index in [0.717, 1.165) is 25.7 Å². The lowest BCUT2D eigenvalue weighted by atomic mass is 10.1. The van der Waals surface area contributed by atoms with Gasteiger partial charge in [0.25, 0.3) is 5.91 Å². The van der Waals surface area contributed by atoms with E-state index in [0.29, 0.717) is 12.4 Å². The number of carbonyl (C=O) groups is 1. The molecular formula is C14H18ClNO3. The number of phenolic OH excluding ortho intramolecular Hbond substituents is 2. The van der Waals surface area contributed by atoms with Gasteiger partial charge in [-0.15, -0.1) is 11.6 Å². The molecule has 0 heterocycles. The van der Waals surface area contributed by atoms with E-state index in [2.05, 4.69) is 0 Å². The molecular weight excluding hydrogens is 266 g/mol. The number of hydrogen-bond donors (Lipinski definition) is 2. The van der Waals surface area contributed by atoms with Crippen LogP contribution < -0.4 is 0 Å². The van der Waals surface area contributed by atoms with Gasteiger partial charge >= 0.3 is 0 Å². The second-order valence-electron chi connectivity index (χ2n) is 4.83. The molecule has 5 heteroatoms. The Balaban J connectivity index is 2.22. The number of hydrogen-bond acceptors (Lipinski definition) is 3. The third-order valence-corrected chi connectivity index (χ3v) is 3.73. The van der Waals surface area contributed by atoms with Crippen LogP contribution in [0.3, 0.4) is 0 Å². The lowest BCUT2D eigenvalue weighted by Gasteiger charge is -2.28. The maximum Gasteiger partial charge on any atom is 0.257 e. The zero-order valence-corrected chi connectivity index (χ0v) is 11.4. The molecule has 0 unspecified atom stereocenters. The van der Waals surface area contributed by atoms with E-state index >= 15 is 0 Å². The van der Waals surface area contributed by atoms with Crippen LogP contribution in [-0.4, -0.2) is 39.5 Å². The molecule has 1 aromatic rings. The third kappa shape index (κ3) is 3.13. The second-order valence-corrected chi connectivity index (χ2v) is 5.21. The van der Waals surface area contributed by atoms with Crippen LogP contribution >= 0.6 is 11.6 Å². The van der Waals surface area contributed by atoms with Gasteiger partial charge in [0.1, 0.15) is 11.5 Å². The number of phenols is 2. The summed E-state index contributed by atoms with van der Waals surface area (Å²) in [6, 6.07) is 4.24. The minimum absolute atomic E-state index is 0.0567. The first-order valence-electron chi connectivity index (χ1n) is 6.52. The Kier molecular flexibility index (Phi) is 4.53. The molecule has 2 rings (SSSR count). The summed E-state index contributed by atoms with van der Waals surface area (Å²) in [6.45, 7) is 0.478. The van der Waals surface area contributed by atoms with Crippen LogP contribution in [-0.2, 0) is 0 Å². The molecule has 0 spiro atoms. The number of alkyl halides is 1. The van der Waals surface area contributed by atoms with E-state index in [9.17, 15) is 15.0 Å². The van der Waals surface area contributed by atoms with Crippen molar-refractivity contribution in [2.45, 2.75) is 31.7 Å². The van der Waals surface area contributed by atoms with Gasteiger partial charge in [0.15, 0.2) is 0 Å². The fourth-order valence-corrected chi connectivity index (χ4v) is 2.79. The molecule has 0 bridgehead atoms. The van der Waals surface area contributed by atoms with E-state index in [4.69, 9.17) is 11.6 Å². The van der Waals surface area contributed by atoms with Crippen LogP contribution in [0.5, 0.6) is 11.5 Å². The molecule has 2 N–H and O–H groups in total. The molecule has 104 valence electrons. The summed E-state index contributed by atoms with van der Waals surface area (Å²) in [6.07, 6.45) is 4.22. The van der Waals surface area contributed by atoms with Gasteiger partial charge in [-0.1, -0.05) is 12.8 Å². The summed E-state index contributed by atoms with van der Waals surface area (Å²) in [5.74, 6) is -0.0902. The SMILES string of the molecule is O=C(c1ccc(O)cc1O)N(CCCl)C1CCCC1. The maximum atomic E-state index is 12.5. The van der Waals surface area contributed by atoms with Gasteiger partial charge < -0.3 is 15.1 Å². The smallest absolute Gasteiger partial charge is 0.257 e. The number of amides is 1. The fourth-order valence-electron chi connectivity index (χ4n) is 2.61. The Bertz CT molecular complexity index is 458. The van der Waals surface area contributed by atoms with E-state index in [1.54, 1.807) is 4.90 Å². The first kappa shape index (κ1) is 14.0. The quantitative estimate of drug-likeness (QED) is 0.835. The summed E-state index contributed by atoms with van der Waals surface area (Å²) in [5, 5.41) is 19.0. The molecule has 1 amide bonds. The second kappa shape index (κ2) is 6.15. The number of aromatic hydroxyl groups is 2. The molecule has 1 saturated carbocycles. The summed E-state index contributed by atoms with van der Waals surface area (Å²) in [7, 11) is 0. The molecule has 4 nitrogen and oxygen atoms in total. The Hall–Kier alpha value is -1.42. The Morgan fingerprint density at radius 3 is 2.58 bits per heavy atom. The van der Waals surface area contributed by atoms with Crippen LogP contribution in [0.25, 0.3) is 0 Å². The van der Waals surface area contributed by atoms with Gasteiger partial charge in [-0.05, 0) is 25.0 Å². The van der Waals surface area contributed by atoms with Gasteiger partial charge in [0, 0.05) is 24.5 Å². The molecule has 1 fully saturated rings. The molecule has 0 aromatic heterocycles.